The highest BCUT2D eigenvalue weighted by molar-refractivity contribution is 5.69. The Hall–Kier alpha value is -1.48. The summed E-state index contributed by atoms with van der Waals surface area (Å²) in [6, 6.07) is 0. The number of phenolic OH excluding ortho intramolecular Hbond substituents is 2. The lowest BCUT2D eigenvalue weighted by molar-refractivity contribution is 0.0979. The van der Waals surface area contributed by atoms with E-state index in [1.165, 1.54) is 38.5 Å². The minimum absolute atomic E-state index is 0.178. The van der Waals surface area contributed by atoms with Gasteiger partial charge in [-0.2, -0.15) is 0 Å². The molecular formula is C29H50O3. The molecule has 3 heteroatoms. The molecule has 0 fully saturated rings. The lowest BCUT2D eigenvalue weighted by Gasteiger charge is -2.21. The smallest absolute Gasteiger partial charge is 0.126 e. The molecule has 3 atom stereocenters. The van der Waals surface area contributed by atoms with Gasteiger partial charge in [0.1, 0.15) is 11.5 Å². The normalized spacial score (nSPS) is 15.9. The van der Waals surface area contributed by atoms with Crippen LogP contribution in [0.5, 0.6) is 11.5 Å². The summed E-state index contributed by atoms with van der Waals surface area (Å²) in [5.41, 5.74) is 1.67. The highest BCUT2D eigenvalue weighted by atomic mass is 16.3. The summed E-state index contributed by atoms with van der Waals surface area (Å²) in [5.74, 6) is 2.72. The second-order valence-corrected chi connectivity index (χ2v) is 11.0. The van der Waals surface area contributed by atoms with E-state index in [2.05, 4.69) is 27.7 Å². The number of hydrogen-bond acceptors (Lipinski definition) is 3. The van der Waals surface area contributed by atoms with Gasteiger partial charge in [0.2, 0.25) is 0 Å². The Bertz CT molecular complexity index is 701. The summed E-state index contributed by atoms with van der Waals surface area (Å²) >= 11 is 0. The molecule has 0 saturated heterocycles. The van der Waals surface area contributed by atoms with Crippen LogP contribution in [0.3, 0.4) is 0 Å². The zero-order chi connectivity index (χ0) is 24.5. The van der Waals surface area contributed by atoms with Gasteiger partial charge in [-0.15, -0.1) is 0 Å². The fourth-order valence-corrected chi connectivity index (χ4v) is 4.48. The van der Waals surface area contributed by atoms with Gasteiger partial charge in [0, 0.05) is 11.1 Å². The summed E-state index contributed by atoms with van der Waals surface area (Å²) in [4.78, 5) is 0. The van der Waals surface area contributed by atoms with E-state index >= 15 is 0 Å². The Kier molecular flexibility index (Phi) is 11.9. The van der Waals surface area contributed by atoms with Gasteiger partial charge in [-0.1, -0.05) is 91.2 Å². The highest BCUT2D eigenvalue weighted by Gasteiger charge is 2.19. The van der Waals surface area contributed by atoms with Crippen LogP contribution < -0.4 is 0 Å². The molecule has 0 heterocycles. The molecule has 0 aliphatic carbocycles. The third-order valence-electron chi connectivity index (χ3n) is 7.15. The first-order chi connectivity index (χ1) is 14.9. The number of benzene rings is 1. The maximum Gasteiger partial charge on any atom is 0.126 e. The molecule has 1 aromatic carbocycles. The van der Waals surface area contributed by atoms with Gasteiger partial charge in [0.05, 0.1) is 5.60 Å². The van der Waals surface area contributed by atoms with Crippen LogP contribution in [0.2, 0.25) is 0 Å². The lowest BCUT2D eigenvalue weighted by atomic mass is 9.89. The minimum Gasteiger partial charge on any atom is -0.507 e. The monoisotopic (exact) mass is 446 g/mol. The minimum atomic E-state index is -0.933. The van der Waals surface area contributed by atoms with E-state index < -0.39 is 5.60 Å². The Morgan fingerprint density at radius 1 is 0.719 bits per heavy atom. The van der Waals surface area contributed by atoms with Gasteiger partial charge in [-0.3, -0.25) is 0 Å². The first-order valence-electron chi connectivity index (χ1n) is 12.8. The highest BCUT2D eigenvalue weighted by Crippen LogP contribution is 2.37. The fraction of sp³-hybridized carbons (Fsp3) is 0.724. The third-order valence-corrected chi connectivity index (χ3v) is 7.15. The molecule has 0 aliphatic rings. The maximum atomic E-state index is 10.8. The van der Waals surface area contributed by atoms with Crippen LogP contribution in [0.25, 0.3) is 6.08 Å². The average Bonchev–Trinajstić information content (AvgIpc) is 2.70. The topological polar surface area (TPSA) is 60.7 Å². The number of phenols is 2. The van der Waals surface area contributed by atoms with Crippen molar-refractivity contribution >= 4 is 6.08 Å². The SMILES string of the molecule is Cc1c(C)c(O)c(C=C[C@](C)(O)CCC[C@@H](C)CCC[C@@H](C)CCCC(C)C)c(C)c1O. The Morgan fingerprint density at radius 3 is 1.72 bits per heavy atom. The second kappa shape index (κ2) is 13.3. The summed E-state index contributed by atoms with van der Waals surface area (Å²) < 4.78 is 0. The summed E-state index contributed by atoms with van der Waals surface area (Å²) in [6.07, 6.45) is 14.3. The summed E-state index contributed by atoms with van der Waals surface area (Å²) in [6.45, 7) is 16.5. The van der Waals surface area contributed by atoms with Crippen LogP contribution in [-0.2, 0) is 0 Å². The van der Waals surface area contributed by atoms with Crippen molar-refractivity contribution in [3.63, 3.8) is 0 Å². The zero-order valence-electron chi connectivity index (χ0n) is 22.1. The van der Waals surface area contributed by atoms with Crippen LogP contribution in [-0.4, -0.2) is 20.9 Å². The van der Waals surface area contributed by atoms with Crippen LogP contribution >= 0.6 is 0 Å². The number of rotatable bonds is 14. The van der Waals surface area contributed by atoms with E-state index in [1.807, 2.05) is 6.92 Å². The molecule has 3 nitrogen and oxygen atoms in total. The molecule has 0 bridgehead atoms. The largest absolute Gasteiger partial charge is 0.507 e. The average molecular weight is 447 g/mol. The molecule has 0 amide bonds. The van der Waals surface area contributed by atoms with Crippen LogP contribution in [0.4, 0.5) is 0 Å². The first-order valence-corrected chi connectivity index (χ1v) is 12.8. The van der Waals surface area contributed by atoms with E-state index in [0.29, 0.717) is 34.6 Å². The molecule has 0 spiro atoms. The molecule has 32 heavy (non-hydrogen) atoms. The Morgan fingerprint density at radius 2 is 1.19 bits per heavy atom. The van der Waals surface area contributed by atoms with E-state index in [0.717, 1.165) is 24.7 Å². The Balaban J connectivity index is 2.44. The van der Waals surface area contributed by atoms with Gasteiger partial charge in [-0.25, -0.2) is 0 Å². The van der Waals surface area contributed by atoms with Crippen LogP contribution in [0.15, 0.2) is 6.08 Å². The van der Waals surface area contributed by atoms with Gasteiger partial charge in [0.15, 0.2) is 0 Å². The third kappa shape index (κ3) is 9.57. The van der Waals surface area contributed by atoms with Gasteiger partial charge in [-0.05, 0) is 63.0 Å². The van der Waals surface area contributed by atoms with Crippen molar-refractivity contribution in [3.8, 4) is 11.5 Å². The number of aromatic hydroxyl groups is 2. The molecule has 0 radical (unpaired) electrons. The van der Waals surface area contributed by atoms with Crippen molar-refractivity contribution in [1.29, 1.82) is 0 Å². The van der Waals surface area contributed by atoms with Crippen molar-refractivity contribution in [2.45, 2.75) is 119 Å². The van der Waals surface area contributed by atoms with Gasteiger partial charge in [0.25, 0.3) is 0 Å². The molecule has 0 saturated carbocycles. The van der Waals surface area contributed by atoms with E-state index in [9.17, 15) is 15.3 Å². The molecule has 1 rings (SSSR count). The predicted molar refractivity (Wildman–Crippen MR) is 138 cm³/mol. The maximum absolute atomic E-state index is 10.8. The Labute approximate surface area is 198 Å². The molecular weight excluding hydrogens is 396 g/mol. The van der Waals surface area contributed by atoms with E-state index in [1.54, 1.807) is 32.9 Å². The van der Waals surface area contributed by atoms with Crippen molar-refractivity contribution in [3.05, 3.63) is 28.3 Å². The van der Waals surface area contributed by atoms with Crippen molar-refractivity contribution in [2.75, 3.05) is 0 Å². The molecule has 184 valence electrons. The van der Waals surface area contributed by atoms with Gasteiger partial charge < -0.3 is 15.3 Å². The van der Waals surface area contributed by atoms with Crippen LogP contribution in [0, 0.1) is 38.5 Å². The van der Waals surface area contributed by atoms with E-state index in [4.69, 9.17) is 0 Å². The summed E-state index contributed by atoms with van der Waals surface area (Å²) in [7, 11) is 0. The molecule has 3 N–H and O–H groups in total. The van der Waals surface area contributed by atoms with E-state index in [-0.39, 0.29) is 11.5 Å². The second-order valence-electron chi connectivity index (χ2n) is 11.0. The zero-order valence-corrected chi connectivity index (χ0v) is 22.1. The van der Waals surface area contributed by atoms with Crippen LogP contribution in [0.1, 0.15) is 115 Å². The fourth-order valence-electron chi connectivity index (χ4n) is 4.48. The lowest BCUT2D eigenvalue weighted by Crippen LogP contribution is -2.20. The predicted octanol–water partition coefficient (Wildman–Crippen LogP) is 8.23. The quantitative estimate of drug-likeness (QED) is 0.252. The van der Waals surface area contributed by atoms with Gasteiger partial charge >= 0.3 is 0 Å². The molecule has 0 aliphatic heterocycles. The van der Waals surface area contributed by atoms with Crippen molar-refractivity contribution < 1.29 is 15.3 Å². The standard InChI is InChI=1S/C29H50O3/c1-20(2)12-9-13-21(3)14-10-15-22(4)16-11-18-29(8,32)19-17-26-25(7)27(30)23(5)24(6)28(26)31/h17,19-22,30-32H,9-16,18H2,1-8H3/t21-,22-,29+/m0/s1. The molecule has 1 aromatic rings. The van der Waals surface area contributed by atoms with Crippen molar-refractivity contribution in [2.24, 2.45) is 17.8 Å². The summed E-state index contributed by atoms with van der Waals surface area (Å²) in [5, 5.41) is 31.6. The first kappa shape index (κ1) is 28.6. The molecule has 0 unspecified atom stereocenters. The number of aliphatic hydroxyl groups is 1. The van der Waals surface area contributed by atoms with Crippen molar-refractivity contribution in [1.82, 2.24) is 0 Å². The molecule has 0 aromatic heterocycles. The number of hydrogen-bond donors (Lipinski definition) is 3.